The van der Waals surface area contributed by atoms with Gasteiger partial charge in [-0.2, -0.15) is 0 Å². The van der Waals surface area contributed by atoms with Crippen molar-refractivity contribution >= 4 is 0 Å². The molecule has 2 heteroatoms. The topological polar surface area (TPSA) is 40.5 Å². The average Bonchev–Trinajstić information content (AvgIpc) is 2.63. The van der Waals surface area contributed by atoms with E-state index < -0.39 is 0 Å². The molecule has 0 amide bonds. The maximum Gasteiger partial charge on any atom is 0.119 e. The first-order valence-corrected chi connectivity index (χ1v) is 11.3. The van der Waals surface area contributed by atoms with E-state index in [2.05, 4.69) is 24.3 Å². The fraction of sp³-hybridized carbons (Fsp3) is 0.538. The van der Waals surface area contributed by atoms with Crippen LogP contribution in [0.3, 0.4) is 0 Å². The molecule has 3 aliphatic rings. The summed E-state index contributed by atoms with van der Waals surface area (Å²) in [6.07, 6.45) is 13.5. The molecule has 0 radical (unpaired) electrons. The van der Waals surface area contributed by atoms with E-state index in [-0.39, 0.29) is 5.41 Å². The molecule has 0 bridgehead atoms. The zero-order valence-corrected chi connectivity index (χ0v) is 16.8. The van der Waals surface area contributed by atoms with Crippen LogP contribution in [-0.4, -0.2) is 10.2 Å². The molecule has 0 atom stereocenters. The first kappa shape index (κ1) is 18.1. The number of phenols is 2. The molecule has 0 heterocycles. The van der Waals surface area contributed by atoms with Gasteiger partial charge in [0.1, 0.15) is 11.5 Å². The molecule has 2 N–H and O–H groups in total. The molecule has 3 fully saturated rings. The average molecular weight is 377 g/mol. The van der Waals surface area contributed by atoms with E-state index in [1.54, 1.807) is 0 Å². The molecule has 3 aliphatic carbocycles. The molecule has 2 nitrogen and oxygen atoms in total. The molecular formula is C26H32O2. The summed E-state index contributed by atoms with van der Waals surface area (Å²) in [4.78, 5) is 0. The van der Waals surface area contributed by atoms with Crippen LogP contribution in [0.5, 0.6) is 11.5 Å². The summed E-state index contributed by atoms with van der Waals surface area (Å²) in [7, 11) is 0. The van der Waals surface area contributed by atoms with Gasteiger partial charge < -0.3 is 10.2 Å². The van der Waals surface area contributed by atoms with E-state index in [9.17, 15) is 10.2 Å². The van der Waals surface area contributed by atoms with E-state index in [1.165, 1.54) is 68.9 Å². The van der Waals surface area contributed by atoms with Crippen LogP contribution in [0, 0.1) is 0 Å². The molecule has 148 valence electrons. The van der Waals surface area contributed by atoms with Crippen molar-refractivity contribution in [2.75, 3.05) is 0 Å². The highest BCUT2D eigenvalue weighted by Gasteiger charge is 2.38. The molecule has 0 aromatic heterocycles. The number of phenolic OH excluding ortho intramolecular Hbond substituents is 2. The lowest BCUT2D eigenvalue weighted by atomic mass is 9.64. The van der Waals surface area contributed by atoms with Crippen LogP contribution in [0.4, 0.5) is 0 Å². The van der Waals surface area contributed by atoms with Gasteiger partial charge in [0.15, 0.2) is 0 Å². The highest BCUT2D eigenvalue weighted by atomic mass is 16.3. The molecule has 0 spiro atoms. The second-order valence-corrected chi connectivity index (χ2v) is 9.45. The zero-order chi connectivity index (χ0) is 19.1. The van der Waals surface area contributed by atoms with Crippen LogP contribution in [0.1, 0.15) is 105 Å². The Labute approximate surface area is 168 Å². The summed E-state index contributed by atoms with van der Waals surface area (Å²) >= 11 is 0. The Morgan fingerprint density at radius 3 is 1.46 bits per heavy atom. The van der Waals surface area contributed by atoms with Crippen molar-refractivity contribution in [3.63, 3.8) is 0 Å². The van der Waals surface area contributed by atoms with Crippen molar-refractivity contribution in [2.45, 2.75) is 87.9 Å². The number of hydrogen-bond acceptors (Lipinski definition) is 2. The van der Waals surface area contributed by atoms with Gasteiger partial charge in [0.25, 0.3) is 0 Å². The fourth-order valence-corrected chi connectivity index (χ4v) is 5.70. The molecule has 0 unspecified atom stereocenters. The minimum atomic E-state index is 0.0244. The predicted molar refractivity (Wildman–Crippen MR) is 113 cm³/mol. The fourth-order valence-electron chi connectivity index (χ4n) is 5.70. The van der Waals surface area contributed by atoms with Crippen molar-refractivity contribution < 1.29 is 10.2 Å². The van der Waals surface area contributed by atoms with Gasteiger partial charge in [0.2, 0.25) is 0 Å². The standard InChI is InChI=1S/C26H32O2/c27-24-12-10-20(16-22(24)18-6-4-7-18)26(14-2-1-3-15-26)21-11-13-25(28)23(17-21)19-8-5-9-19/h10-13,16-19,27-28H,1-9,14-15H2. The summed E-state index contributed by atoms with van der Waals surface area (Å²) in [5.41, 5.74) is 5.09. The highest BCUT2D eigenvalue weighted by molar-refractivity contribution is 5.50. The minimum Gasteiger partial charge on any atom is -0.508 e. The van der Waals surface area contributed by atoms with Gasteiger partial charge in [-0.05, 0) is 84.7 Å². The third-order valence-corrected chi connectivity index (χ3v) is 7.96. The van der Waals surface area contributed by atoms with Gasteiger partial charge in [-0.1, -0.05) is 56.4 Å². The molecule has 28 heavy (non-hydrogen) atoms. The molecule has 3 saturated carbocycles. The molecule has 0 saturated heterocycles. The molecule has 5 rings (SSSR count). The third kappa shape index (κ3) is 2.93. The van der Waals surface area contributed by atoms with Gasteiger partial charge >= 0.3 is 0 Å². The van der Waals surface area contributed by atoms with Crippen LogP contribution in [0.2, 0.25) is 0 Å². The lowest BCUT2D eigenvalue weighted by molar-refractivity contribution is 0.340. The number of rotatable bonds is 4. The SMILES string of the molecule is Oc1ccc(C2(c3ccc(O)c(C4CCC4)c3)CCCCC2)cc1C1CCC1. The first-order valence-electron chi connectivity index (χ1n) is 11.3. The van der Waals surface area contributed by atoms with Crippen LogP contribution in [0.25, 0.3) is 0 Å². The molecule has 2 aromatic carbocycles. The monoisotopic (exact) mass is 376 g/mol. The lowest BCUT2D eigenvalue weighted by Crippen LogP contribution is -2.31. The van der Waals surface area contributed by atoms with Crippen LogP contribution < -0.4 is 0 Å². The quantitative estimate of drug-likeness (QED) is 0.610. The highest BCUT2D eigenvalue weighted by Crippen LogP contribution is 2.50. The summed E-state index contributed by atoms with van der Waals surface area (Å²) in [6.45, 7) is 0. The Balaban J connectivity index is 1.60. The van der Waals surface area contributed by atoms with Crippen LogP contribution in [0.15, 0.2) is 36.4 Å². The van der Waals surface area contributed by atoms with Crippen LogP contribution in [-0.2, 0) is 5.41 Å². The maximum absolute atomic E-state index is 10.5. The Morgan fingerprint density at radius 2 is 1.07 bits per heavy atom. The Hall–Kier alpha value is -1.96. The molecule has 0 aliphatic heterocycles. The third-order valence-electron chi connectivity index (χ3n) is 7.96. The largest absolute Gasteiger partial charge is 0.508 e. The molecule has 2 aromatic rings. The van der Waals surface area contributed by atoms with Gasteiger partial charge in [-0.3, -0.25) is 0 Å². The van der Waals surface area contributed by atoms with Crippen LogP contribution >= 0.6 is 0 Å². The first-order chi connectivity index (χ1) is 13.7. The summed E-state index contributed by atoms with van der Waals surface area (Å²) in [6, 6.07) is 12.8. The molecular weight excluding hydrogens is 344 g/mol. The Kier molecular flexibility index (Phi) is 4.61. The normalized spacial score (nSPS) is 22.4. The van der Waals surface area contributed by atoms with E-state index in [0.29, 0.717) is 23.3 Å². The van der Waals surface area contributed by atoms with Gasteiger partial charge in [-0.15, -0.1) is 0 Å². The van der Waals surface area contributed by atoms with Crippen molar-refractivity contribution in [3.05, 3.63) is 58.7 Å². The van der Waals surface area contributed by atoms with Gasteiger partial charge in [0.05, 0.1) is 0 Å². The van der Waals surface area contributed by atoms with Crippen molar-refractivity contribution in [2.24, 2.45) is 0 Å². The van der Waals surface area contributed by atoms with Gasteiger partial charge in [0, 0.05) is 5.41 Å². The Morgan fingerprint density at radius 1 is 0.607 bits per heavy atom. The summed E-state index contributed by atoms with van der Waals surface area (Å²) in [5.74, 6) is 2.01. The van der Waals surface area contributed by atoms with E-state index in [4.69, 9.17) is 0 Å². The zero-order valence-electron chi connectivity index (χ0n) is 16.8. The number of hydrogen-bond donors (Lipinski definition) is 2. The van der Waals surface area contributed by atoms with E-state index in [1.807, 2.05) is 12.1 Å². The van der Waals surface area contributed by atoms with Crippen molar-refractivity contribution in [3.8, 4) is 11.5 Å². The van der Waals surface area contributed by atoms with Crippen molar-refractivity contribution in [1.82, 2.24) is 0 Å². The Bertz CT molecular complexity index is 789. The van der Waals surface area contributed by atoms with E-state index in [0.717, 1.165) is 24.0 Å². The van der Waals surface area contributed by atoms with E-state index >= 15 is 0 Å². The minimum absolute atomic E-state index is 0.0244. The van der Waals surface area contributed by atoms with Crippen molar-refractivity contribution in [1.29, 1.82) is 0 Å². The number of benzene rings is 2. The predicted octanol–water partition coefficient (Wildman–Crippen LogP) is 6.88. The summed E-state index contributed by atoms with van der Waals surface area (Å²) < 4.78 is 0. The smallest absolute Gasteiger partial charge is 0.119 e. The second kappa shape index (κ2) is 7.13. The summed E-state index contributed by atoms with van der Waals surface area (Å²) in [5, 5.41) is 21.0. The lowest BCUT2D eigenvalue weighted by Gasteiger charge is -2.40. The number of aromatic hydroxyl groups is 2. The second-order valence-electron chi connectivity index (χ2n) is 9.45. The van der Waals surface area contributed by atoms with Gasteiger partial charge in [-0.25, -0.2) is 0 Å². The maximum atomic E-state index is 10.5.